The van der Waals surface area contributed by atoms with Crippen molar-refractivity contribution in [1.82, 2.24) is 9.88 Å². The molecule has 100 valence electrons. The van der Waals surface area contributed by atoms with E-state index in [-0.39, 0.29) is 11.9 Å². The maximum atomic E-state index is 12.2. The molecule has 2 N–H and O–H groups in total. The van der Waals surface area contributed by atoms with Crippen LogP contribution in [0.15, 0.2) is 24.5 Å². The average molecular weight is 249 g/mol. The van der Waals surface area contributed by atoms with Crippen molar-refractivity contribution in [3.8, 4) is 0 Å². The minimum Gasteiger partial charge on any atom is -0.338 e. The summed E-state index contributed by atoms with van der Waals surface area (Å²) in [6.45, 7) is 6.13. The molecule has 0 saturated heterocycles. The van der Waals surface area contributed by atoms with E-state index in [1.807, 2.05) is 19.1 Å². The fourth-order valence-corrected chi connectivity index (χ4v) is 1.93. The molecule has 0 aliphatic carbocycles. The molecular formula is C14H23N3O. The Bertz CT molecular complexity index is 378. The Balaban J connectivity index is 2.69. The highest BCUT2D eigenvalue weighted by atomic mass is 16.2. The maximum absolute atomic E-state index is 12.2. The van der Waals surface area contributed by atoms with Gasteiger partial charge in [0.05, 0.1) is 12.1 Å². The van der Waals surface area contributed by atoms with E-state index in [9.17, 15) is 4.79 Å². The molecule has 0 radical (unpaired) electrons. The molecule has 0 saturated carbocycles. The third kappa shape index (κ3) is 3.81. The monoisotopic (exact) mass is 249 g/mol. The zero-order valence-electron chi connectivity index (χ0n) is 11.6. The summed E-state index contributed by atoms with van der Waals surface area (Å²) in [5, 5.41) is 0. The van der Waals surface area contributed by atoms with Crippen LogP contribution in [0.3, 0.4) is 0 Å². The van der Waals surface area contributed by atoms with Gasteiger partial charge in [-0.15, -0.1) is 0 Å². The maximum Gasteiger partial charge on any atom is 0.239 e. The molecule has 0 fully saturated rings. The summed E-state index contributed by atoms with van der Waals surface area (Å²) in [5.41, 5.74) is 7.00. The molecule has 0 aliphatic rings. The van der Waals surface area contributed by atoms with Crippen molar-refractivity contribution in [2.45, 2.75) is 39.3 Å². The van der Waals surface area contributed by atoms with Crippen molar-refractivity contribution in [2.24, 2.45) is 11.7 Å². The van der Waals surface area contributed by atoms with E-state index in [0.29, 0.717) is 12.3 Å². The van der Waals surface area contributed by atoms with Gasteiger partial charge in [0.25, 0.3) is 0 Å². The highest BCUT2D eigenvalue weighted by molar-refractivity contribution is 5.81. The lowest BCUT2D eigenvalue weighted by atomic mass is 10.0. The van der Waals surface area contributed by atoms with E-state index in [1.54, 1.807) is 24.3 Å². The minimum atomic E-state index is -0.417. The van der Waals surface area contributed by atoms with Crippen molar-refractivity contribution in [3.05, 3.63) is 30.1 Å². The van der Waals surface area contributed by atoms with Gasteiger partial charge in [0.2, 0.25) is 5.91 Å². The summed E-state index contributed by atoms with van der Waals surface area (Å²) in [6.07, 6.45) is 4.18. The summed E-state index contributed by atoms with van der Waals surface area (Å²) >= 11 is 0. The zero-order valence-corrected chi connectivity index (χ0v) is 11.6. The quantitative estimate of drug-likeness (QED) is 0.868. The van der Waals surface area contributed by atoms with Crippen LogP contribution in [0, 0.1) is 5.92 Å². The van der Waals surface area contributed by atoms with E-state index in [0.717, 1.165) is 5.56 Å². The lowest BCUT2D eigenvalue weighted by Crippen LogP contribution is -2.43. The van der Waals surface area contributed by atoms with Gasteiger partial charge in [-0.2, -0.15) is 0 Å². The Morgan fingerprint density at radius 2 is 1.89 bits per heavy atom. The Hall–Kier alpha value is -1.42. The van der Waals surface area contributed by atoms with Crippen molar-refractivity contribution in [3.63, 3.8) is 0 Å². The van der Waals surface area contributed by atoms with E-state index >= 15 is 0 Å². The SMILES string of the molecule is CC(C)C[C@@H](N)C(=O)N(C)C(C)c1ccncc1. The number of carbonyl (C=O) groups excluding carboxylic acids is 1. The molecule has 2 atom stereocenters. The summed E-state index contributed by atoms with van der Waals surface area (Å²) in [4.78, 5) is 17.9. The van der Waals surface area contributed by atoms with Crippen LogP contribution in [0.4, 0.5) is 0 Å². The van der Waals surface area contributed by atoms with Crippen molar-refractivity contribution >= 4 is 5.91 Å². The molecule has 0 aliphatic heterocycles. The van der Waals surface area contributed by atoms with Crippen LogP contribution in [-0.4, -0.2) is 28.9 Å². The summed E-state index contributed by atoms with van der Waals surface area (Å²) in [7, 11) is 1.80. The lowest BCUT2D eigenvalue weighted by Gasteiger charge is -2.28. The molecule has 1 aromatic heterocycles. The fourth-order valence-electron chi connectivity index (χ4n) is 1.93. The topological polar surface area (TPSA) is 59.2 Å². The number of aromatic nitrogens is 1. The Morgan fingerprint density at radius 1 is 1.33 bits per heavy atom. The second-order valence-electron chi connectivity index (χ2n) is 5.14. The van der Waals surface area contributed by atoms with E-state index in [4.69, 9.17) is 5.73 Å². The summed E-state index contributed by atoms with van der Waals surface area (Å²) in [5.74, 6) is 0.418. The average Bonchev–Trinajstić information content (AvgIpc) is 2.36. The molecule has 4 heteroatoms. The second-order valence-corrected chi connectivity index (χ2v) is 5.14. The Morgan fingerprint density at radius 3 is 2.39 bits per heavy atom. The number of nitrogens with zero attached hydrogens (tertiary/aromatic N) is 2. The third-order valence-corrected chi connectivity index (χ3v) is 3.16. The van der Waals surface area contributed by atoms with Gasteiger partial charge in [-0.05, 0) is 37.0 Å². The molecule has 1 rings (SSSR count). The number of pyridine rings is 1. The Kier molecular flexibility index (Phi) is 5.28. The van der Waals surface area contributed by atoms with Gasteiger partial charge in [-0.25, -0.2) is 0 Å². The van der Waals surface area contributed by atoms with Gasteiger partial charge in [-0.3, -0.25) is 9.78 Å². The first-order valence-corrected chi connectivity index (χ1v) is 6.35. The first kappa shape index (κ1) is 14.6. The van der Waals surface area contributed by atoms with Crippen LogP contribution in [0.1, 0.15) is 38.8 Å². The molecule has 0 aromatic carbocycles. The lowest BCUT2D eigenvalue weighted by molar-refractivity contribution is -0.133. The normalized spacial score (nSPS) is 14.3. The van der Waals surface area contributed by atoms with Gasteiger partial charge in [0.15, 0.2) is 0 Å². The Labute approximate surface area is 109 Å². The van der Waals surface area contributed by atoms with Crippen LogP contribution in [-0.2, 0) is 4.79 Å². The van der Waals surface area contributed by atoms with Crippen LogP contribution in [0.2, 0.25) is 0 Å². The number of likely N-dealkylation sites (N-methyl/N-ethyl adjacent to an activating group) is 1. The molecule has 0 bridgehead atoms. The van der Waals surface area contributed by atoms with Crippen molar-refractivity contribution in [1.29, 1.82) is 0 Å². The second kappa shape index (κ2) is 6.50. The summed E-state index contributed by atoms with van der Waals surface area (Å²) < 4.78 is 0. The first-order valence-electron chi connectivity index (χ1n) is 6.35. The van der Waals surface area contributed by atoms with Crippen LogP contribution >= 0.6 is 0 Å². The van der Waals surface area contributed by atoms with E-state index in [2.05, 4.69) is 18.8 Å². The molecular weight excluding hydrogens is 226 g/mol. The number of hydrogen-bond acceptors (Lipinski definition) is 3. The van der Waals surface area contributed by atoms with Gasteiger partial charge < -0.3 is 10.6 Å². The molecule has 1 unspecified atom stereocenters. The number of rotatable bonds is 5. The van der Waals surface area contributed by atoms with Crippen molar-refractivity contribution in [2.75, 3.05) is 7.05 Å². The summed E-state index contributed by atoms with van der Waals surface area (Å²) in [6, 6.07) is 3.43. The standard InChI is InChI=1S/C14H23N3O/c1-10(2)9-13(15)14(18)17(4)11(3)12-5-7-16-8-6-12/h5-8,10-11,13H,9,15H2,1-4H3/t11?,13-/m1/s1. The predicted molar refractivity (Wildman–Crippen MR) is 72.9 cm³/mol. The molecule has 1 aromatic rings. The number of amides is 1. The highest BCUT2D eigenvalue weighted by Crippen LogP contribution is 2.19. The predicted octanol–water partition coefficient (Wildman–Crippen LogP) is 1.97. The number of nitrogens with two attached hydrogens (primary N) is 1. The van der Waals surface area contributed by atoms with Gasteiger partial charge >= 0.3 is 0 Å². The largest absolute Gasteiger partial charge is 0.338 e. The molecule has 1 amide bonds. The third-order valence-electron chi connectivity index (χ3n) is 3.16. The zero-order chi connectivity index (χ0) is 13.7. The van der Waals surface area contributed by atoms with Crippen molar-refractivity contribution < 1.29 is 4.79 Å². The van der Waals surface area contributed by atoms with Gasteiger partial charge in [-0.1, -0.05) is 13.8 Å². The van der Waals surface area contributed by atoms with Crippen LogP contribution in [0.5, 0.6) is 0 Å². The minimum absolute atomic E-state index is 0.00647. The molecule has 1 heterocycles. The van der Waals surface area contributed by atoms with Gasteiger partial charge in [0.1, 0.15) is 0 Å². The van der Waals surface area contributed by atoms with E-state index < -0.39 is 6.04 Å². The first-order chi connectivity index (χ1) is 8.43. The van der Waals surface area contributed by atoms with Crippen LogP contribution in [0.25, 0.3) is 0 Å². The van der Waals surface area contributed by atoms with E-state index in [1.165, 1.54) is 0 Å². The highest BCUT2D eigenvalue weighted by Gasteiger charge is 2.23. The number of carbonyl (C=O) groups is 1. The smallest absolute Gasteiger partial charge is 0.239 e. The molecule has 4 nitrogen and oxygen atoms in total. The molecule has 0 spiro atoms. The van der Waals surface area contributed by atoms with Crippen LogP contribution < -0.4 is 5.73 Å². The fraction of sp³-hybridized carbons (Fsp3) is 0.571. The number of hydrogen-bond donors (Lipinski definition) is 1. The van der Waals surface area contributed by atoms with Gasteiger partial charge in [0, 0.05) is 19.4 Å². The molecule has 18 heavy (non-hydrogen) atoms.